The van der Waals surface area contributed by atoms with E-state index in [0.29, 0.717) is 11.3 Å². The molecule has 1 aliphatic carbocycles. The molecule has 0 unspecified atom stereocenters. The number of hydrogen-bond donors (Lipinski definition) is 2. The highest BCUT2D eigenvalue weighted by Crippen LogP contribution is 2.30. The first-order valence-electron chi connectivity index (χ1n) is 7.85. The van der Waals surface area contributed by atoms with Gasteiger partial charge < -0.3 is 10.6 Å². The van der Waals surface area contributed by atoms with Crippen molar-refractivity contribution in [3.63, 3.8) is 0 Å². The number of carbonyl (C=O) groups excluding carboxylic acids is 1. The summed E-state index contributed by atoms with van der Waals surface area (Å²) in [6.45, 7) is 0. The highest BCUT2D eigenvalue weighted by molar-refractivity contribution is 5.93. The standard InChI is InChI=1S/C17H16FN5O/c18-12-6-5-11-3-1-4-14(13(11)9-12)21-17(24)22-15-10-20-23-8-2-7-19-16(15)23/h2,5-10,14H,1,3-4H2,(H2,21,22,24)/t14-/m1/s1. The molecule has 122 valence electrons. The summed E-state index contributed by atoms with van der Waals surface area (Å²) in [7, 11) is 0. The number of benzene rings is 1. The molecule has 1 aromatic carbocycles. The number of nitrogens with zero attached hydrogens (tertiary/aromatic N) is 3. The number of nitrogens with one attached hydrogen (secondary N) is 2. The van der Waals surface area contributed by atoms with Gasteiger partial charge in [0.05, 0.1) is 12.2 Å². The van der Waals surface area contributed by atoms with Gasteiger partial charge in [0.15, 0.2) is 5.65 Å². The third-order valence-electron chi connectivity index (χ3n) is 4.26. The second-order valence-electron chi connectivity index (χ2n) is 5.83. The quantitative estimate of drug-likeness (QED) is 0.760. The Bertz CT molecular complexity index is 907. The van der Waals surface area contributed by atoms with Gasteiger partial charge in [-0.2, -0.15) is 5.10 Å². The zero-order valence-electron chi connectivity index (χ0n) is 12.9. The summed E-state index contributed by atoms with van der Waals surface area (Å²) in [4.78, 5) is 16.5. The van der Waals surface area contributed by atoms with Crippen molar-refractivity contribution in [1.82, 2.24) is 19.9 Å². The first-order valence-corrected chi connectivity index (χ1v) is 7.85. The van der Waals surface area contributed by atoms with Crippen molar-refractivity contribution in [2.45, 2.75) is 25.3 Å². The summed E-state index contributed by atoms with van der Waals surface area (Å²) in [6, 6.07) is 5.99. The molecule has 4 rings (SSSR count). The fourth-order valence-electron chi connectivity index (χ4n) is 3.15. The molecule has 0 saturated carbocycles. The van der Waals surface area contributed by atoms with E-state index in [0.717, 1.165) is 30.4 Å². The molecule has 1 aliphatic rings. The number of urea groups is 1. The Kier molecular flexibility index (Phi) is 3.60. The smallest absolute Gasteiger partial charge is 0.319 e. The maximum absolute atomic E-state index is 13.5. The predicted molar refractivity (Wildman–Crippen MR) is 87.2 cm³/mol. The maximum Gasteiger partial charge on any atom is 0.319 e. The molecule has 0 fully saturated rings. The van der Waals surface area contributed by atoms with Gasteiger partial charge in [0.2, 0.25) is 0 Å². The van der Waals surface area contributed by atoms with Gasteiger partial charge >= 0.3 is 6.03 Å². The van der Waals surface area contributed by atoms with E-state index in [2.05, 4.69) is 20.7 Å². The van der Waals surface area contributed by atoms with Gasteiger partial charge in [-0.15, -0.1) is 0 Å². The van der Waals surface area contributed by atoms with Gasteiger partial charge in [0.25, 0.3) is 0 Å². The van der Waals surface area contributed by atoms with E-state index in [1.54, 1.807) is 35.2 Å². The first-order chi connectivity index (χ1) is 11.7. The molecule has 2 N–H and O–H groups in total. The minimum atomic E-state index is -0.349. The van der Waals surface area contributed by atoms with Crippen LogP contribution in [0.3, 0.4) is 0 Å². The highest BCUT2D eigenvalue weighted by Gasteiger charge is 2.22. The lowest BCUT2D eigenvalue weighted by molar-refractivity contribution is 0.247. The molecule has 0 saturated heterocycles. The second-order valence-corrected chi connectivity index (χ2v) is 5.83. The van der Waals surface area contributed by atoms with Crippen molar-refractivity contribution >= 4 is 17.4 Å². The molecule has 24 heavy (non-hydrogen) atoms. The van der Waals surface area contributed by atoms with Crippen LogP contribution in [0, 0.1) is 5.82 Å². The predicted octanol–water partition coefficient (Wildman–Crippen LogP) is 3.07. The number of aromatic nitrogens is 3. The van der Waals surface area contributed by atoms with Crippen LogP contribution in [0.2, 0.25) is 0 Å². The van der Waals surface area contributed by atoms with Crippen LogP contribution in [-0.2, 0) is 6.42 Å². The Labute approximate surface area is 137 Å². The summed E-state index contributed by atoms with van der Waals surface area (Å²) >= 11 is 0. The summed E-state index contributed by atoms with van der Waals surface area (Å²) in [5, 5.41) is 9.82. The van der Waals surface area contributed by atoms with E-state index in [1.807, 2.05) is 0 Å². The Morgan fingerprint density at radius 1 is 1.38 bits per heavy atom. The number of carbonyl (C=O) groups is 1. The number of anilines is 1. The molecule has 7 heteroatoms. The van der Waals surface area contributed by atoms with Crippen LogP contribution in [0.5, 0.6) is 0 Å². The lowest BCUT2D eigenvalue weighted by Crippen LogP contribution is -2.34. The Balaban J connectivity index is 1.52. The third-order valence-corrected chi connectivity index (χ3v) is 4.26. The average Bonchev–Trinajstić information content (AvgIpc) is 2.98. The zero-order chi connectivity index (χ0) is 16.5. The van der Waals surface area contributed by atoms with Crippen LogP contribution in [0.15, 0.2) is 42.9 Å². The van der Waals surface area contributed by atoms with Crippen molar-refractivity contribution < 1.29 is 9.18 Å². The monoisotopic (exact) mass is 325 g/mol. The third kappa shape index (κ3) is 2.68. The number of rotatable bonds is 2. The second kappa shape index (κ2) is 5.92. The molecule has 2 heterocycles. The van der Waals surface area contributed by atoms with E-state index in [9.17, 15) is 9.18 Å². The molecule has 6 nitrogen and oxygen atoms in total. The molecule has 1 atom stereocenters. The lowest BCUT2D eigenvalue weighted by Gasteiger charge is -2.26. The van der Waals surface area contributed by atoms with Gasteiger partial charge in [0.1, 0.15) is 11.5 Å². The van der Waals surface area contributed by atoms with Crippen LogP contribution >= 0.6 is 0 Å². The molecular weight excluding hydrogens is 309 g/mol. The SMILES string of the molecule is O=C(Nc1cnn2cccnc12)N[C@@H]1CCCc2ccc(F)cc21. The normalized spacial score (nSPS) is 16.6. The molecule has 2 aromatic heterocycles. The van der Waals surface area contributed by atoms with Gasteiger partial charge in [-0.25, -0.2) is 18.7 Å². The van der Waals surface area contributed by atoms with E-state index >= 15 is 0 Å². The number of hydrogen-bond acceptors (Lipinski definition) is 3. The van der Waals surface area contributed by atoms with E-state index < -0.39 is 0 Å². The van der Waals surface area contributed by atoms with E-state index in [-0.39, 0.29) is 17.9 Å². The molecule has 0 bridgehead atoms. The molecule has 0 aliphatic heterocycles. The number of amides is 2. The summed E-state index contributed by atoms with van der Waals surface area (Å²) in [6.07, 6.45) is 7.61. The van der Waals surface area contributed by atoms with Gasteiger partial charge in [-0.1, -0.05) is 6.07 Å². The van der Waals surface area contributed by atoms with Gasteiger partial charge in [-0.05, 0) is 48.6 Å². The topological polar surface area (TPSA) is 71.3 Å². The van der Waals surface area contributed by atoms with Crippen LogP contribution in [0.25, 0.3) is 5.65 Å². The molecular formula is C17H16FN5O. The zero-order valence-corrected chi connectivity index (χ0v) is 12.9. The summed E-state index contributed by atoms with van der Waals surface area (Å²) in [5.41, 5.74) is 3.05. The number of fused-ring (bicyclic) bond motifs is 2. The highest BCUT2D eigenvalue weighted by atomic mass is 19.1. The van der Waals surface area contributed by atoms with Crippen molar-refractivity contribution in [3.8, 4) is 0 Å². The van der Waals surface area contributed by atoms with Crippen LogP contribution < -0.4 is 10.6 Å². The van der Waals surface area contributed by atoms with Crippen molar-refractivity contribution in [3.05, 3.63) is 59.8 Å². The number of halogens is 1. The minimum absolute atomic E-state index is 0.195. The summed E-state index contributed by atoms with van der Waals surface area (Å²) < 4.78 is 15.1. The molecule has 2 amide bonds. The largest absolute Gasteiger partial charge is 0.331 e. The van der Waals surface area contributed by atoms with Gasteiger partial charge in [0, 0.05) is 12.4 Å². The Morgan fingerprint density at radius 2 is 2.29 bits per heavy atom. The first kappa shape index (κ1) is 14.6. The van der Waals surface area contributed by atoms with Gasteiger partial charge in [-0.3, -0.25) is 0 Å². The average molecular weight is 325 g/mol. The van der Waals surface area contributed by atoms with Crippen LogP contribution in [0.1, 0.15) is 30.0 Å². The number of aryl methyl sites for hydroxylation is 1. The molecule has 0 radical (unpaired) electrons. The Hall–Kier alpha value is -2.96. The van der Waals surface area contributed by atoms with E-state index in [4.69, 9.17) is 0 Å². The van der Waals surface area contributed by atoms with Crippen LogP contribution in [-0.4, -0.2) is 20.6 Å². The lowest BCUT2D eigenvalue weighted by atomic mass is 9.87. The van der Waals surface area contributed by atoms with Crippen molar-refractivity contribution in [1.29, 1.82) is 0 Å². The maximum atomic E-state index is 13.5. The minimum Gasteiger partial charge on any atom is -0.331 e. The summed E-state index contributed by atoms with van der Waals surface area (Å²) in [5.74, 6) is -0.283. The van der Waals surface area contributed by atoms with E-state index in [1.165, 1.54) is 12.1 Å². The fourth-order valence-corrected chi connectivity index (χ4v) is 3.15. The van der Waals surface area contributed by atoms with Crippen molar-refractivity contribution in [2.24, 2.45) is 0 Å². The molecule has 0 spiro atoms. The van der Waals surface area contributed by atoms with Crippen LogP contribution in [0.4, 0.5) is 14.9 Å². The molecule has 3 aromatic rings. The fraction of sp³-hybridized carbons (Fsp3) is 0.235. The Morgan fingerprint density at radius 3 is 3.21 bits per heavy atom. The van der Waals surface area contributed by atoms with Crippen molar-refractivity contribution in [2.75, 3.05) is 5.32 Å².